The maximum Gasteiger partial charge on any atom is 0.201 e. The van der Waals surface area contributed by atoms with Crippen LogP contribution in [0.3, 0.4) is 0 Å². The summed E-state index contributed by atoms with van der Waals surface area (Å²) in [4.78, 5) is 14.5. The van der Waals surface area contributed by atoms with E-state index in [-0.39, 0.29) is 12.2 Å². The van der Waals surface area contributed by atoms with Gasteiger partial charge >= 0.3 is 0 Å². The number of fused-ring (bicyclic) bond motifs is 2. The summed E-state index contributed by atoms with van der Waals surface area (Å²) >= 11 is 0. The van der Waals surface area contributed by atoms with Gasteiger partial charge in [-0.2, -0.15) is 0 Å². The highest BCUT2D eigenvalue weighted by atomic mass is 17.3. The van der Waals surface area contributed by atoms with Crippen molar-refractivity contribution < 1.29 is 24.0 Å². The Morgan fingerprint density at radius 3 is 2.67 bits per heavy atom. The molecule has 5 heterocycles. The van der Waals surface area contributed by atoms with E-state index in [2.05, 4.69) is 18.7 Å². The van der Waals surface area contributed by atoms with Gasteiger partial charge in [-0.25, -0.2) is 9.78 Å². The first-order valence-electron chi connectivity index (χ1n) is 11.1. The van der Waals surface area contributed by atoms with Gasteiger partial charge in [0.25, 0.3) is 0 Å². The fourth-order valence-corrected chi connectivity index (χ4v) is 6.37. The third kappa shape index (κ3) is 2.99. The van der Waals surface area contributed by atoms with Crippen molar-refractivity contribution in [3.63, 3.8) is 0 Å². The molecule has 1 spiro atoms. The molecule has 6 fully saturated rings. The number of ether oxygens (including phenoxy) is 3. The Bertz CT molecular complexity index is 555. The first kappa shape index (κ1) is 18.8. The van der Waals surface area contributed by atoms with Crippen LogP contribution < -0.4 is 0 Å². The third-order valence-electron chi connectivity index (χ3n) is 7.99. The van der Waals surface area contributed by atoms with Crippen molar-refractivity contribution in [3.8, 4) is 0 Å². The van der Waals surface area contributed by atoms with Crippen LogP contribution in [0.25, 0.3) is 0 Å². The van der Waals surface area contributed by atoms with E-state index >= 15 is 0 Å². The summed E-state index contributed by atoms with van der Waals surface area (Å²) in [5, 5.41) is 0. The van der Waals surface area contributed by atoms with Crippen LogP contribution in [0.5, 0.6) is 0 Å². The SMILES string of the molecule is C[C@H]1[C@@H](OCCN2CCCC2)O[C@@H]2O[C@]3(C)CC[C@H]4[C@H](C)CC[C@@H]1[C@@]24OO3. The molecule has 27 heavy (non-hydrogen) atoms. The van der Waals surface area contributed by atoms with Crippen LogP contribution >= 0.6 is 0 Å². The Balaban J connectivity index is 1.35. The first-order valence-corrected chi connectivity index (χ1v) is 11.1. The highest BCUT2D eigenvalue weighted by Crippen LogP contribution is 2.60. The summed E-state index contributed by atoms with van der Waals surface area (Å²) in [7, 11) is 0. The van der Waals surface area contributed by atoms with Crippen molar-refractivity contribution in [2.75, 3.05) is 26.2 Å². The van der Waals surface area contributed by atoms with Gasteiger partial charge in [-0.15, -0.1) is 0 Å². The van der Waals surface area contributed by atoms with Gasteiger partial charge in [0.15, 0.2) is 18.2 Å². The molecule has 1 aliphatic carbocycles. The summed E-state index contributed by atoms with van der Waals surface area (Å²) in [5.74, 6) is 0.915. The minimum atomic E-state index is -0.710. The summed E-state index contributed by atoms with van der Waals surface area (Å²) in [6.45, 7) is 10.7. The van der Waals surface area contributed by atoms with Crippen molar-refractivity contribution in [1.82, 2.24) is 4.90 Å². The maximum atomic E-state index is 6.45. The van der Waals surface area contributed by atoms with Gasteiger partial charge in [-0.05, 0) is 64.0 Å². The quantitative estimate of drug-likeness (QED) is 0.697. The van der Waals surface area contributed by atoms with Gasteiger partial charge in [0.1, 0.15) is 0 Å². The molecular formula is C21H35NO5. The Kier molecular flexibility index (Phi) is 4.81. The van der Waals surface area contributed by atoms with E-state index in [1.165, 1.54) is 32.4 Å². The van der Waals surface area contributed by atoms with Crippen molar-refractivity contribution >= 4 is 0 Å². The van der Waals surface area contributed by atoms with Crippen LogP contribution in [0.1, 0.15) is 59.3 Å². The average Bonchev–Trinajstić information content (AvgIpc) is 3.06. The number of likely N-dealkylation sites (tertiary alicyclic amines) is 1. The zero-order valence-electron chi connectivity index (χ0n) is 17.0. The largest absolute Gasteiger partial charge is 0.351 e. The van der Waals surface area contributed by atoms with Gasteiger partial charge in [0.2, 0.25) is 5.79 Å². The zero-order chi connectivity index (χ0) is 18.6. The molecule has 0 aromatic heterocycles. The lowest BCUT2D eigenvalue weighted by Crippen LogP contribution is -2.70. The lowest BCUT2D eigenvalue weighted by Gasteiger charge is -2.60. The second-order valence-corrected chi connectivity index (χ2v) is 9.69. The lowest BCUT2D eigenvalue weighted by molar-refractivity contribution is -0.577. The molecule has 6 heteroatoms. The van der Waals surface area contributed by atoms with Crippen LogP contribution in [-0.2, 0) is 24.0 Å². The minimum absolute atomic E-state index is 0.228. The van der Waals surface area contributed by atoms with Crippen LogP contribution in [0.4, 0.5) is 0 Å². The molecule has 1 saturated carbocycles. The van der Waals surface area contributed by atoms with E-state index < -0.39 is 17.7 Å². The molecule has 0 aromatic rings. The predicted molar refractivity (Wildman–Crippen MR) is 98.5 cm³/mol. The first-order chi connectivity index (χ1) is 13.0. The highest BCUT2D eigenvalue weighted by molar-refractivity contribution is 5.09. The number of hydrogen-bond donors (Lipinski definition) is 0. The summed E-state index contributed by atoms with van der Waals surface area (Å²) in [6.07, 6.45) is 6.27. The molecule has 154 valence electrons. The van der Waals surface area contributed by atoms with Crippen LogP contribution in [-0.4, -0.2) is 55.1 Å². The van der Waals surface area contributed by atoms with E-state index in [1.54, 1.807) is 0 Å². The molecule has 8 atom stereocenters. The Labute approximate surface area is 162 Å². The molecule has 5 saturated heterocycles. The van der Waals surface area contributed by atoms with E-state index in [4.69, 9.17) is 24.0 Å². The number of nitrogens with zero attached hydrogens (tertiary/aromatic N) is 1. The molecule has 6 nitrogen and oxygen atoms in total. The summed E-state index contributed by atoms with van der Waals surface area (Å²) < 4.78 is 19.1. The topological polar surface area (TPSA) is 49.4 Å². The van der Waals surface area contributed by atoms with Crippen molar-refractivity contribution in [1.29, 1.82) is 0 Å². The van der Waals surface area contributed by atoms with Crippen molar-refractivity contribution in [2.45, 2.75) is 83.3 Å². The van der Waals surface area contributed by atoms with E-state index in [1.807, 2.05) is 6.92 Å². The third-order valence-corrected chi connectivity index (χ3v) is 7.99. The van der Waals surface area contributed by atoms with Gasteiger partial charge < -0.3 is 19.1 Å². The Hall–Kier alpha value is -0.240. The van der Waals surface area contributed by atoms with Gasteiger partial charge in [-0.1, -0.05) is 13.8 Å². The molecule has 0 aromatic carbocycles. The highest BCUT2D eigenvalue weighted by Gasteiger charge is 2.69. The Morgan fingerprint density at radius 2 is 1.85 bits per heavy atom. The van der Waals surface area contributed by atoms with Gasteiger partial charge in [-0.3, -0.25) is 0 Å². The van der Waals surface area contributed by atoms with Crippen LogP contribution in [0.2, 0.25) is 0 Å². The van der Waals surface area contributed by atoms with E-state index in [9.17, 15) is 0 Å². The minimum Gasteiger partial charge on any atom is -0.351 e. The van der Waals surface area contributed by atoms with Gasteiger partial charge in [0, 0.05) is 24.8 Å². The van der Waals surface area contributed by atoms with Gasteiger partial charge in [0.05, 0.1) is 6.61 Å². The second-order valence-electron chi connectivity index (χ2n) is 9.69. The fourth-order valence-electron chi connectivity index (χ4n) is 6.37. The smallest absolute Gasteiger partial charge is 0.201 e. The summed E-state index contributed by atoms with van der Waals surface area (Å²) in [5.41, 5.74) is -0.484. The fraction of sp³-hybridized carbons (Fsp3) is 1.00. The second kappa shape index (κ2) is 6.92. The molecular weight excluding hydrogens is 346 g/mol. The average molecular weight is 382 g/mol. The standard InChI is InChI=1S/C21H35NO5/c1-14-6-7-17-15(2)18(23-13-12-22-10-4-5-11-22)24-19-21(17)16(14)8-9-20(3,25-19)26-27-21/h14-19H,4-13H2,1-3H3/t14-,15-,16+,17+,18+,19-,20+,21-/m1/s1. The lowest BCUT2D eigenvalue weighted by atomic mass is 9.58. The van der Waals surface area contributed by atoms with E-state index in [0.29, 0.717) is 17.8 Å². The molecule has 2 bridgehead atoms. The molecule has 6 rings (SSSR count). The molecule has 0 unspecified atom stereocenters. The van der Waals surface area contributed by atoms with E-state index in [0.717, 1.165) is 32.4 Å². The summed E-state index contributed by atoms with van der Waals surface area (Å²) in [6, 6.07) is 0. The molecule has 6 aliphatic rings. The van der Waals surface area contributed by atoms with Crippen LogP contribution in [0.15, 0.2) is 0 Å². The molecule has 0 radical (unpaired) electrons. The van der Waals surface area contributed by atoms with Crippen LogP contribution in [0, 0.1) is 23.7 Å². The number of rotatable bonds is 4. The Morgan fingerprint density at radius 1 is 1.04 bits per heavy atom. The number of hydrogen-bond acceptors (Lipinski definition) is 6. The maximum absolute atomic E-state index is 6.45. The normalized spacial score (nSPS) is 52.6. The molecule has 0 amide bonds. The molecule has 5 aliphatic heterocycles. The van der Waals surface area contributed by atoms with Crippen molar-refractivity contribution in [3.05, 3.63) is 0 Å². The predicted octanol–water partition coefficient (Wildman–Crippen LogP) is 3.31. The zero-order valence-corrected chi connectivity index (χ0v) is 17.0. The monoisotopic (exact) mass is 381 g/mol. The molecule has 0 N–H and O–H groups in total. The van der Waals surface area contributed by atoms with Crippen molar-refractivity contribution in [2.24, 2.45) is 23.7 Å².